The van der Waals surface area contributed by atoms with Crippen molar-refractivity contribution in [3.63, 3.8) is 0 Å². The van der Waals surface area contributed by atoms with Gasteiger partial charge in [-0.15, -0.1) is 0 Å². The molecule has 0 radical (unpaired) electrons. The van der Waals surface area contributed by atoms with E-state index in [1.807, 2.05) is 24.3 Å². The largest absolute Gasteiger partial charge is 0.497 e. The number of esters is 1. The molecule has 2 N–H and O–H groups in total. The number of methoxy groups -OCH3 is 1. The average Bonchev–Trinajstić information content (AvgIpc) is 3.33. The Kier molecular flexibility index (Phi) is 10.1. The summed E-state index contributed by atoms with van der Waals surface area (Å²) in [6.07, 6.45) is 1.34. The fourth-order valence-corrected chi connectivity index (χ4v) is 3.92. The van der Waals surface area contributed by atoms with Gasteiger partial charge >= 0.3 is 5.97 Å². The minimum Gasteiger partial charge on any atom is -0.497 e. The van der Waals surface area contributed by atoms with Gasteiger partial charge in [0.05, 0.1) is 13.7 Å². The summed E-state index contributed by atoms with van der Waals surface area (Å²) >= 11 is 0. The summed E-state index contributed by atoms with van der Waals surface area (Å²) in [6.45, 7) is 6.30. The van der Waals surface area contributed by atoms with Gasteiger partial charge in [0, 0.05) is 31.6 Å². The molecule has 9 nitrogen and oxygen atoms in total. The summed E-state index contributed by atoms with van der Waals surface area (Å²) in [5.74, 6) is 1.05. The first kappa shape index (κ1) is 29.0. The second kappa shape index (κ2) is 13.3. The van der Waals surface area contributed by atoms with Gasteiger partial charge in [-0.25, -0.2) is 4.99 Å². The zero-order valence-electron chi connectivity index (χ0n) is 22.6. The summed E-state index contributed by atoms with van der Waals surface area (Å²) in [6, 6.07) is 14.8. The van der Waals surface area contributed by atoms with E-state index in [0.717, 1.165) is 11.3 Å². The Morgan fingerprint density at radius 3 is 2.58 bits per heavy atom. The topological polar surface area (TPSA) is 116 Å². The molecule has 2 aromatic rings. The van der Waals surface area contributed by atoms with Crippen LogP contribution in [0.15, 0.2) is 53.5 Å². The van der Waals surface area contributed by atoms with E-state index >= 15 is 0 Å². The molecule has 1 amide bonds. The highest BCUT2D eigenvalue weighted by atomic mass is 16.6. The molecule has 0 spiro atoms. The van der Waals surface area contributed by atoms with Gasteiger partial charge in [-0.2, -0.15) is 0 Å². The van der Waals surface area contributed by atoms with E-state index in [9.17, 15) is 9.59 Å². The van der Waals surface area contributed by atoms with E-state index in [1.54, 1.807) is 52.1 Å². The lowest BCUT2D eigenvalue weighted by Gasteiger charge is -2.24. The zero-order chi connectivity index (χ0) is 27.6. The Bertz CT molecular complexity index is 1110. The second-order valence-electron chi connectivity index (χ2n) is 10.1. The Morgan fingerprint density at radius 1 is 1.13 bits per heavy atom. The minimum absolute atomic E-state index is 0.0187. The van der Waals surface area contributed by atoms with Crippen LogP contribution >= 0.6 is 0 Å². The van der Waals surface area contributed by atoms with Gasteiger partial charge in [-0.3, -0.25) is 9.59 Å². The smallest absolute Gasteiger partial charge is 0.306 e. The molecule has 0 saturated carbocycles. The van der Waals surface area contributed by atoms with Crippen molar-refractivity contribution in [2.75, 3.05) is 33.5 Å². The van der Waals surface area contributed by atoms with Crippen LogP contribution in [-0.2, 0) is 25.5 Å². The number of aliphatic hydroxyl groups is 1. The van der Waals surface area contributed by atoms with E-state index in [-0.39, 0.29) is 32.0 Å². The number of aliphatic imine (C=N–C) groups is 1. The van der Waals surface area contributed by atoms with Crippen LogP contribution in [0.3, 0.4) is 0 Å². The lowest BCUT2D eigenvalue weighted by Crippen LogP contribution is -2.47. The summed E-state index contributed by atoms with van der Waals surface area (Å²) in [4.78, 5) is 30.6. The third kappa shape index (κ3) is 8.48. The van der Waals surface area contributed by atoms with Crippen LogP contribution in [0.25, 0.3) is 0 Å². The van der Waals surface area contributed by atoms with Crippen molar-refractivity contribution < 1.29 is 33.6 Å². The van der Waals surface area contributed by atoms with Crippen molar-refractivity contribution in [1.82, 2.24) is 5.32 Å². The zero-order valence-corrected chi connectivity index (χ0v) is 22.6. The summed E-state index contributed by atoms with van der Waals surface area (Å²) in [5.41, 5.74) is -0.148. The van der Waals surface area contributed by atoms with Crippen molar-refractivity contribution in [1.29, 1.82) is 0 Å². The highest BCUT2D eigenvalue weighted by molar-refractivity contribution is 6.00. The molecule has 0 aliphatic carbocycles. The minimum atomic E-state index is -1.25. The van der Waals surface area contributed by atoms with Crippen molar-refractivity contribution in [3.05, 3.63) is 59.7 Å². The highest BCUT2D eigenvalue weighted by Gasteiger charge is 2.44. The van der Waals surface area contributed by atoms with Crippen LogP contribution in [0.2, 0.25) is 0 Å². The van der Waals surface area contributed by atoms with Crippen LogP contribution in [0.1, 0.15) is 51.2 Å². The molecule has 0 unspecified atom stereocenters. The molecule has 9 heteroatoms. The Labute approximate surface area is 224 Å². The van der Waals surface area contributed by atoms with Gasteiger partial charge in [0.2, 0.25) is 5.90 Å². The number of amides is 1. The Hall–Kier alpha value is -3.59. The van der Waals surface area contributed by atoms with Crippen molar-refractivity contribution in [2.24, 2.45) is 4.99 Å². The van der Waals surface area contributed by atoms with Gasteiger partial charge < -0.3 is 29.4 Å². The molecule has 206 valence electrons. The maximum atomic E-state index is 13.4. The molecule has 0 bridgehead atoms. The maximum Gasteiger partial charge on any atom is 0.306 e. The number of hydrogen-bond acceptors (Lipinski definition) is 8. The molecule has 1 aliphatic rings. The first-order valence-electron chi connectivity index (χ1n) is 12.8. The molecule has 1 heterocycles. The van der Waals surface area contributed by atoms with E-state index < -0.39 is 17.1 Å². The highest BCUT2D eigenvalue weighted by Crippen LogP contribution is 2.29. The Morgan fingerprint density at radius 2 is 1.89 bits per heavy atom. The number of benzene rings is 2. The molecule has 3 rings (SSSR count). The molecule has 38 heavy (non-hydrogen) atoms. The van der Waals surface area contributed by atoms with Gasteiger partial charge in [-0.05, 0) is 75.6 Å². The molecular formula is C29H38N2O7. The Balaban J connectivity index is 1.72. The van der Waals surface area contributed by atoms with Crippen molar-refractivity contribution in [2.45, 2.75) is 57.6 Å². The van der Waals surface area contributed by atoms with Gasteiger partial charge in [0.1, 0.15) is 23.7 Å². The van der Waals surface area contributed by atoms with E-state index in [1.165, 1.54) is 0 Å². The number of nitrogens with zero attached hydrogens (tertiary/aromatic N) is 1. The normalized spacial score (nSPS) is 16.8. The number of hydrogen-bond donors (Lipinski definition) is 2. The number of nitrogens with one attached hydrogen (secondary N) is 1. The lowest BCUT2D eigenvalue weighted by molar-refractivity contribution is -0.155. The van der Waals surface area contributed by atoms with Crippen molar-refractivity contribution in [3.8, 4) is 11.5 Å². The second-order valence-corrected chi connectivity index (χ2v) is 10.1. The SMILES string of the molecule is COc1cccc(CCNC(=O)[C@@]2(CCC(=O)OC(C)(C)C)COC(c3ccc(OCCCO)cc3)=N2)c1. The number of carbonyl (C=O) groups is 2. The van der Waals surface area contributed by atoms with Crippen LogP contribution in [0, 0.1) is 0 Å². The molecule has 2 aromatic carbocycles. The summed E-state index contributed by atoms with van der Waals surface area (Å²) < 4.78 is 22.2. The first-order chi connectivity index (χ1) is 18.1. The van der Waals surface area contributed by atoms with Crippen LogP contribution in [0.5, 0.6) is 11.5 Å². The maximum absolute atomic E-state index is 13.4. The third-order valence-electron chi connectivity index (χ3n) is 5.85. The molecule has 0 fully saturated rings. The number of rotatable bonds is 13. The first-order valence-corrected chi connectivity index (χ1v) is 12.8. The van der Waals surface area contributed by atoms with Crippen LogP contribution < -0.4 is 14.8 Å². The van der Waals surface area contributed by atoms with Gasteiger partial charge in [-0.1, -0.05) is 12.1 Å². The summed E-state index contributed by atoms with van der Waals surface area (Å²) in [5, 5.41) is 11.9. The van der Waals surface area contributed by atoms with Gasteiger partial charge in [0.15, 0.2) is 5.54 Å². The average molecular weight is 527 g/mol. The lowest BCUT2D eigenvalue weighted by atomic mass is 9.94. The van der Waals surface area contributed by atoms with E-state index in [2.05, 4.69) is 5.32 Å². The predicted molar refractivity (Wildman–Crippen MR) is 144 cm³/mol. The van der Waals surface area contributed by atoms with Gasteiger partial charge in [0.25, 0.3) is 5.91 Å². The fraction of sp³-hybridized carbons (Fsp3) is 0.483. The molecule has 0 saturated heterocycles. The van der Waals surface area contributed by atoms with Crippen molar-refractivity contribution >= 4 is 17.8 Å². The monoisotopic (exact) mass is 526 g/mol. The number of aliphatic hydroxyl groups excluding tert-OH is 1. The molecule has 0 aromatic heterocycles. The summed E-state index contributed by atoms with van der Waals surface area (Å²) in [7, 11) is 1.61. The fourth-order valence-electron chi connectivity index (χ4n) is 3.92. The standard InChI is InChI=1S/C29H38N2O7/c1-28(2,3)38-25(33)13-15-29(27(34)30-16-14-21-7-5-8-24(19-21)35-4)20-37-26(31-29)22-9-11-23(12-10-22)36-18-6-17-32/h5,7-12,19,32H,6,13-18,20H2,1-4H3,(H,30,34)/t29-/m1/s1. The van der Waals surface area contributed by atoms with E-state index in [4.69, 9.17) is 29.0 Å². The predicted octanol–water partition coefficient (Wildman–Crippen LogP) is 3.45. The molecule has 1 aliphatic heterocycles. The number of ether oxygens (including phenoxy) is 4. The van der Waals surface area contributed by atoms with Crippen LogP contribution in [0.4, 0.5) is 0 Å². The molecular weight excluding hydrogens is 488 g/mol. The van der Waals surface area contributed by atoms with E-state index in [0.29, 0.717) is 43.2 Å². The number of carbonyl (C=O) groups excluding carboxylic acids is 2. The third-order valence-corrected chi connectivity index (χ3v) is 5.85. The quantitative estimate of drug-likeness (QED) is 0.303. The van der Waals surface area contributed by atoms with Crippen LogP contribution in [-0.4, -0.2) is 67.5 Å². The molecule has 1 atom stereocenters.